The van der Waals surface area contributed by atoms with E-state index in [1.807, 2.05) is 0 Å². The van der Waals surface area contributed by atoms with Gasteiger partial charge in [-0.25, -0.2) is 4.67 Å². The molecule has 0 aromatic rings. The zero-order valence-electron chi connectivity index (χ0n) is 8.35. The topological polar surface area (TPSA) is 12.5 Å². The first kappa shape index (κ1) is 9.00. The molecule has 2 bridgehead atoms. The van der Waals surface area contributed by atoms with Gasteiger partial charge in [-0.1, -0.05) is 12.2 Å². The molecule has 14 heavy (non-hydrogen) atoms. The zero-order valence-corrected chi connectivity index (χ0v) is 9.25. The fourth-order valence-electron chi connectivity index (χ4n) is 3.26. The highest BCUT2D eigenvalue weighted by molar-refractivity contribution is 7.38. The van der Waals surface area contributed by atoms with Gasteiger partial charge >= 0.3 is 0 Å². The maximum Gasteiger partial charge on any atom is 0.101 e. The van der Waals surface area contributed by atoms with E-state index in [4.69, 9.17) is 10.7 Å². The van der Waals surface area contributed by atoms with Crippen LogP contribution < -0.4 is 0 Å². The normalized spacial score (nSPS) is 49.1. The highest BCUT2D eigenvalue weighted by Gasteiger charge is 2.47. The smallest absolute Gasteiger partial charge is 0.101 e. The van der Waals surface area contributed by atoms with Gasteiger partial charge in [-0.05, 0) is 19.3 Å². The second kappa shape index (κ2) is 3.12. The van der Waals surface area contributed by atoms with Crippen LogP contribution in [0.4, 0.5) is 0 Å². The van der Waals surface area contributed by atoms with Crippen LogP contribution in [0.5, 0.6) is 0 Å². The van der Waals surface area contributed by atoms with Gasteiger partial charge in [-0.15, -0.1) is 6.13 Å². The van der Waals surface area contributed by atoms with Crippen molar-refractivity contribution in [3.8, 4) is 6.13 Å². The quantitative estimate of drug-likeness (QED) is 0.449. The summed E-state index contributed by atoms with van der Waals surface area (Å²) >= 11 is 0. The predicted octanol–water partition coefficient (Wildman–Crippen LogP) is 2.57. The molecule has 2 heterocycles. The minimum absolute atomic E-state index is 0.653. The van der Waals surface area contributed by atoms with Crippen LogP contribution in [-0.4, -0.2) is 23.9 Å². The summed E-state index contributed by atoms with van der Waals surface area (Å²) in [6.07, 6.45) is 9.80. The lowest BCUT2D eigenvalue weighted by Gasteiger charge is -2.31. The molecule has 2 saturated heterocycles. The molecule has 0 amide bonds. The Morgan fingerprint density at radius 1 is 1.57 bits per heavy atom. The van der Waals surface area contributed by atoms with Gasteiger partial charge in [0.05, 0.1) is 6.61 Å². The first-order chi connectivity index (χ1) is 6.77. The first-order valence-electron chi connectivity index (χ1n) is 5.39. The fourth-order valence-corrected chi connectivity index (χ4v) is 4.67. The maximum atomic E-state index is 6.01. The molecule has 0 radical (unpaired) electrons. The Balaban J connectivity index is 1.96. The Morgan fingerprint density at radius 3 is 3.29 bits per heavy atom. The second-order valence-corrected chi connectivity index (χ2v) is 6.00. The van der Waals surface area contributed by atoms with E-state index in [9.17, 15) is 0 Å². The summed E-state index contributed by atoms with van der Waals surface area (Å²) in [6, 6.07) is 0.653. The molecular formula is C11H16NOP. The molecule has 0 aromatic heterocycles. The average Bonchev–Trinajstić information content (AvgIpc) is 2.49. The highest BCUT2D eigenvalue weighted by atomic mass is 31.1. The molecule has 1 aliphatic carbocycles. The molecule has 5 atom stereocenters. The minimum atomic E-state index is -0.784. The van der Waals surface area contributed by atoms with Crippen molar-refractivity contribution in [1.82, 2.24) is 4.67 Å². The van der Waals surface area contributed by atoms with Crippen molar-refractivity contribution >= 4 is 7.75 Å². The summed E-state index contributed by atoms with van der Waals surface area (Å²) in [4.78, 5) is 0. The molecule has 1 saturated carbocycles. The molecule has 3 fully saturated rings. The SMILES string of the molecule is C#P1OC[C@@H]2CN1[C@@H]1CCCC(=C)[C@H]21. The minimum Gasteiger partial charge on any atom is -0.316 e. The van der Waals surface area contributed by atoms with Gasteiger partial charge in [-0.2, -0.15) is 0 Å². The monoisotopic (exact) mass is 209 g/mol. The van der Waals surface area contributed by atoms with Crippen LogP contribution in [0.15, 0.2) is 12.2 Å². The van der Waals surface area contributed by atoms with Gasteiger partial charge in [0.2, 0.25) is 0 Å². The fraction of sp³-hybridized carbons (Fsp3) is 0.727. The summed E-state index contributed by atoms with van der Waals surface area (Å²) in [6.45, 7) is 6.24. The van der Waals surface area contributed by atoms with Crippen molar-refractivity contribution in [3.63, 3.8) is 0 Å². The molecule has 3 rings (SSSR count). The lowest BCUT2D eigenvalue weighted by molar-refractivity contribution is 0.229. The molecule has 0 spiro atoms. The van der Waals surface area contributed by atoms with E-state index in [1.165, 1.54) is 24.8 Å². The molecule has 0 aromatic carbocycles. The molecule has 2 aliphatic heterocycles. The molecule has 2 unspecified atom stereocenters. The van der Waals surface area contributed by atoms with Gasteiger partial charge < -0.3 is 4.52 Å². The van der Waals surface area contributed by atoms with E-state index in [0.717, 1.165) is 13.2 Å². The van der Waals surface area contributed by atoms with Crippen LogP contribution >= 0.6 is 7.75 Å². The van der Waals surface area contributed by atoms with Crippen molar-refractivity contribution < 1.29 is 4.52 Å². The molecule has 76 valence electrons. The van der Waals surface area contributed by atoms with Gasteiger partial charge in [0, 0.05) is 24.4 Å². The molecule has 3 heteroatoms. The van der Waals surface area contributed by atoms with E-state index in [0.29, 0.717) is 17.9 Å². The lowest BCUT2D eigenvalue weighted by atomic mass is 9.77. The summed E-state index contributed by atoms with van der Waals surface area (Å²) < 4.78 is 8.03. The average molecular weight is 209 g/mol. The summed E-state index contributed by atoms with van der Waals surface area (Å²) in [5.41, 5.74) is 1.45. The van der Waals surface area contributed by atoms with Gasteiger partial charge in [-0.3, -0.25) is 0 Å². The second-order valence-electron chi connectivity index (χ2n) is 4.62. The first-order valence-corrected chi connectivity index (χ1v) is 6.67. The number of rotatable bonds is 0. The van der Waals surface area contributed by atoms with E-state index < -0.39 is 7.75 Å². The Kier molecular flexibility index (Phi) is 2.00. The number of hydrogen-bond donors (Lipinski definition) is 0. The lowest BCUT2D eigenvalue weighted by Crippen LogP contribution is -2.30. The van der Waals surface area contributed by atoms with Crippen LogP contribution in [0.3, 0.4) is 0 Å². The number of fused-ring (bicyclic) bond motifs is 5. The summed E-state index contributed by atoms with van der Waals surface area (Å²) in [7, 11) is -0.784. The Labute approximate surface area is 86.1 Å². The van der Waals surface area contributed by atoms with Crippen molar-refractivity contribution in [2.75, 3.05) is 13.2 Å². The number of nitrogens with zero attached hydrogens (tertiary/aromatic N) is 1. The zero-order chi connectivity index (χ0) is 9.71. The van der Waals surface area contributed by atoms with Gasteiger partial charge in [0.15, 0.2) is 0 Å². The third-order valence-corrected chi connectivity index (χ3v) is 5.25. The van der Waals surface area contributed by atoms with Gasteiger partial charge in [0.1, 0.15) is 7.75 Å². The van der Waals surface area contributed by atoms with Crippen LogP contribution in [0.1, 0.15) is 19.3 Å². The van der Waals surface area contributed by atoms with Crippen LogP contribution in [0.2, 0.25) is 0 Å². The predicted molar refractivity (Wildman–Crippen MR) is 58.3 cm³/mol. The third kappa shape index (κ3) is 1.12. The highest BCUT2D eigenvalue weighted by Crippen LogP contribution is 2.51. The largest absolute Gasteiger partial charge is 0.316 e. The van der Waals surface area contributed by atoms with Crippen LogP contribution in [0.25, 0.3) is 0 Å². The third-order valence-electron chi connectivity index (χ3n) is 3.87. The Hall–Kier alpha value is -0.260. The van der Waals surface area contributed by atoms with Crippen molar-refractivity contribution in [3.05, 3.63) is 12.2 Å². The molecule has 3 aliphatic rings. The number of hydrogen-bond acceptors (Lipinski definition) is 2. The van der Waals surface area contributed by atoms with Crippen molar-refractivity contribution in [1.29, 1.82) is 0 Å². The maximum absolute atomic E-state index is 6.01. The van der Waals surface area contributed by atoms with E-state index in [2.05, 4.69) is 11.2 Å². The standard InChI is InChI=1S/C11H16NOP/c1-8-4-3-5-10-11(8)9-6-12(10)14(2)13-7-9/h2,9-11H,1,3-7H2/t9-,10+,11+/m0/s1. The van der Waals surface area contributed by atoms with E-state index >= 15 is 0 Å². The Morgan fingerprint density at radius 2 is 2.43 bits per heavy atom. The van der Waals surface area contributed by atoms with Crippen LogP contribution in [-0.2, 0) is 4.52 Å². The van der Waals surface area contributed by atoms with Crippen LogP contribution in [0, 0.1) is 18.0 Å². The Bertz CT molecular complexity index is 343. The van der Waals surface area contributed by atoms with Gasteiger partial charge in [0.25, 0.3) is 0 Å². The summed E-state index contributed by atoms with van der Waals surface area (Å²) in [5.74, 6) is 1.36. The summed E-state index contributed by atoms with van der Waals surface area (Å²) in [5, 5.41) is 0. The molecular weight excluding hydrogens is 193 g/mol. The molecule has 0 N–H and O–H groups in total. The molecule has 2 nitrogen and oxygen atoms in total. The van der Waals surface area contributed by atoms with E-state index in [1.54, 1.807) is 0 Å². The van der Waals surface area contributed by atoms with Crippen molar-refractivity contribution in [2.45, 2.75) is 25.3 Å². The van der Waals surface area contributed by atoms with E-state index in [-0.39, 0.29) is 0 Å². The van der Waals surface area contributed by atoms with Crippen molar-refractivity contribution in [2.24, 2.45) is 11.8 Å².